The van der Waals surface area contributed by atoms with E-state index in [-0.39, 0.29) is 5.91 Å². The number of hydrogen-bond acceptors (Lipinski definition) is 3. The smallest absolute Gasteiger partial charge is 0.255 e. The van der Waals surface area contributed by atoms with Crippen LogP contribution in [0, 0.1) is 6.92 Å². The lowest BCUT2D eigenvalue weighted by molar-refractivity contribution is 0.0752. The summed E-state index contributed by atoms with van der Waals surface area (Å²) in [5, 5.41) is 1.99. The molecule has 4 heteroatoms. The van der Waals surface area contributed by atoms with Crippen LogP contribution in [0.3, 0.4) is 0 Å². The highest BCUT2D eigenvalue weighted by Crippen LogP contribution is 2.24. The Labute approximate surface area is 124 Å². The van der Waals surface area contributed by atoms with Crippen molar-refractivity contribution in [3.05, 3.63) is 51.5 Å². The third-order valence-electron chi connectivity index (χ3n) is 3.48. The number of amides is 1. The lowest BCUT2D eigenvalue weighted by Crippen LogP contribution is -2.30. The molecule has 3 nitrogen and oxygen atoms in total. The van der Waals surface area contributed by atoms with Crippen molar-refractivity contribution in [2.75, 3.05) is 6.54 Å². The molecule has 0 atom stereocenters. The van der Waals surface area contributed by atoms with E-state index in [4.69, 9.17) is 0 Å². The first-order chi connectivity index (χ1) is 9.67. The summed E-state index contributed by atoms with van der Waals surface area (Å²) < 4.78 is 0. The standard InChI is InChI=1S/C16H20N2OS/c1-4-14-12(3)20-11-15(14)16(19)18(5-2)10-13-6-8-17-9-7-13/h6-9,11H,4-5,10H2,1-3H3. The van der Waals surface area contributed by atoms with Crippen molar-refractivity contribution in [3.63, 3.8) is 0 Å². The Bertz CT molecular complexity index is 577. The Morgan fingerprint density at radius 1 is 1.30 bits per heavy atom. The zero-order valence-electron chi connectivity index (χ0n) is 12.2. The van der Waals surface area contributed by atoms with Crippen molar-refractivity contribution < 1.29 is 4.79 Å². The van der Waals surface area contributed by atoms with Gasteiger partial charge in [0.25, 0.3) is 5.91 Å². The van der Waals surface area contributed by atoms with Gasteiger partial charge < -0.3 is 4.90 Å². The van der Waals surface area contributed by atoms with Gasteiger partial charge in [-0.3, -0.25) is 9.78 Å². The number of hydrogen-bond donors (Lipinski definition) is 0. The van der Waals surface area contributed by atoms with Gasteiger partial charge in [-0.25, -0.2) is 0 Å². The van der Waals surface area contributed by atoms with Crippen LogP contribution in [0.5, 0.6) is 0 Å². The second kappa shape index (κ2) is 6.66. The number of aryl methyl sites for hydroxylation is 1. The van der Waals surface area contributed by atoms with Gasteiger partial charge in [0.2, 0.25) is 0 Å². The van der Waals surface area contributed by atoms with Crippen LogP contribution >= 0.6 is 11.3 Å². The van der Waals surface area contributed by atoms with Gasteiger partial charge in [0.1, 0.15) is 0 Å². The second-order valence-electron chi connectivity index (χ2n) is 4.71. The number of aromatic nitrogens is 1. The van der Waals surface area contributed by atoms with Gasteiger partial charge >= 0.3 is 0 Å². The average Bonchev–Trinajstić information content (AvgIpc) is 2.86. The SMILES string of the molecule is CCc1c(C(=O)N(CC)Cc2ccncc2)csc1C. The average molecular weight is 288 g/mol. The maximum absolute atomic E-state index is 12.7. The highest BCUT2D eigenvalue weighted by molar-refractivity contribution is 7.10. The summed E-state index contributed by atoms with van der Waals surface area (Å²) >= 11 is 1.66. The van der Waals surface area contributed by atoms with Crippen molar-refractivity contribution in [1.29, 1.82) is 0 Å². The lowest BCUT2D eigenvalue weighted by atomic mass is 10.1. The van der Waals surface area contributed by atoms with Gasteiger partial charge in [-0.1, -0.05) is 6.92 Å². The molecule has 20 heavy (non-hydrogen) atoms. The minimum atomic E-state index is 0.130. The predicted octanol–water partition coefficient (Wildman–Crippen LogP) is 3.68. The van der Waals surface area contributed by atoms with E-state index in [9.17, 15) is 4.79 Å². The molecule has 0 aliphatic rings. The predicted molar refractivity (Wildman–Crippen MR) is 83.1 cm³/mol. The molecule has 0 spiro atoms. The number of carbonyl (C=O) groups excluding carboxylic acids is 1. The van der Waals surface area contributed by atoms with Crippen LogP contribution in [0.25, 0.3) is 0 Å². The Morgan fingerprint density at radius 2 is 2.00 bits per heavy atom. The van der Waals surface area contributed by atoms with E-state index in [1.54, 1.807) is 23.7 Å². The molecule has 0 saturated carbocycles. The lowest BCUT2D eigenvalue weighted by Gasteiger charge is -2.21. The summed E-state index contributed by atoms with van der Waals surface area (Å²) in [7, 11) is 0. The molecule has 0 bridgehead atoms. The minimum Gasteiger partial charge on any atom is -0.335 e. The molecule has 2 heterocycles. The van der Waals surface area contributed by atoms with Crippen LogP contribution in [-0.4, -0.2) is 22.3 Å². The number of thiophene rings is 1. The summed E-state index contributed by atoms with van der Waals surface area (Å²) in [6.07, 6.45) is 4.43. The van der Waals surface area contributed by atoms with Crippen LogP contribution in [-0.2, 0) is 13.0 Å². The zero-order valence-corrected chi connectivity index (χ0v) is 13.0. The van der Waals surface area contributed by atoms with Crippen molar-refractivity contribution in [1.82, 2.24) is 9.88 Å². The highest BCUT2D eigenvalue weighted by atomic mass is 32.1. The largest absolute Gasteiger partial charge is 0.335 e. The summed E-state index contributed by atoms with van der Waals surface area (Å²) in [5.41, 5.74) is 3.17. The molecular weight excluding hydrogens is 268 g/mol. The van der Waals surface area contributed by atoms with Gasteiger partial charge in [0.15, 0.2) is 0 Å². The third kappa shape index (κ3) is 3.07. The van der Waals surface area contributed by atoms with Crippen molar-refractivity contribution in [2.45, 2.75) is 33.7 Å². The van der Waals surface area contributed by atoms with E-state index >= 15 is 0 Å². The van der Waals surface area contributed by atoms with Crippen molar-refractivity contribution in [3.8, 4) is 0 Å². The van der Waals surface area contributed by atoms with Crippen molar-refractivity contribution in [2.24, 2.45) is 0 Å². The van der Waals surface area contributed by atoms with E-state index in [0.717, 1.165) is 17.5 Å². The molecule has 0 aliphatic carbocycles. The van der Waals surface area contributed by atoms with E-state index in [0.29, 0.717) is 13.1 Å². The van der Waals surface area contributed by atoms with E-state index in [1.165, 1.54) is 10.4 Å². The molecule has 0 unspecified atom stereocenters. The first-order valence-corrected chi connectivity index (χ1v) is 7.80. The Hall–Kier alpha value is -1.68. The minimum absolute atomic E-state index is 0.130. The quantitative estimate of drug-likeness (QED) is 0.841. The first kappa shape index (κ1) is 14.7. The molecule has 0 saturated heterocycles. The molecule has 0 N–H and O–H groups in total. The molecule has 2 aromatic heterocycles. The normalized spacial score (nSPS) is 10.6. The van der Waals surface area contributed by atoms with Crippen molar-refractivity contribution >= 4 is 17.2 Å². The summed E-state index contributed by atoms with van der Waals surface area (Å²) in [6.45, 7) is 7.55. The Balaban J connectivity index is 2.21. The number of carbonyl (C=O) groups is 1. The first-order valence-electron chi connectivity index (χ1n) is 6.92. The number of nitrogens with zero attached hydrogens (tertiary/aromatic N) is 2. The number of pyridine rings is 1. The van der Waals surface area contributed by atoms with Gasteiger partial charge in [-0.05, 0) is 43.5 Å². The molecule has 0 aromatic carbocycles. The second-order valence-corrected chi connectivity index (χ2v) is 5.80. The van der Waals surface area contributed by atoms with Crippen LogP contribution in [0.1, 0.15) is 40.2 Å². The third-order valence-corrected chi connectivity index (χ3v) is 4.43. The van der Waals surface area contributed by atoms with E-state index in [1.807, 2.05) is 29.3 Å². The van der Waals surface area contributed by atoms with Gasteiger partial charge in [-0.2, -0.15) is 0 Å². The van der Waals surface area contributed by atoms with Crippen LogP contribution in [0.15, 0.2) is 29.9 Å². The van der Waals surface area contributed by atoms with Gasteiger partial charge in [0.05, 0.1) is 5.56 Å². The maximum atomic E-state index is 12.7. The molecule has 106 valence electrons. The fraction of sp³-hybridized carbons (Fsp3) is 0.375. The summed E-state index contributed by atoms with van der Waals surface area (Å²) in [5.74, 6) is 0.130. The molecular formula is C16H20N2OS. The number of rotatable bonds is 5. The maximum Gasteiger partial charge on any atom is 0.255 e. The molecule has 0 aliphatic heterocycles. The molecule has 1 amide bonds. The Kier molecular flexibility index (Phi) is 4.90. The van der Waals surface area contributed by atoms with E-state index in [2.05, 4.69) is 18.8 Å². The van der Waals surface area contributed by atoms with Gasteiger partial charge in [-0.15, -0.1) is 11.3 Å². The molecule has 2 rings (SSSR count). The van der Waals surface area contributed by atoms with E-state index < -0.39 is 0 Å². The summed E-state index contributed by atoms with van der Waals surface area (Å²) in [6, 6.07) is 3.91. The monoisotopic (exact) mass is 288 g/mol. The molecule has 2 aromatic rings. The van der Waals surface area contributed by atoms with Crippen LogP contribution in [0.2, 0.25) is 0 Å². The zero-order chi connectivity index (χ0) is 14.5. The fourth-order valence-electron chi connectivity index (χ4n) is 2.30. The summed E-state index contributed by atoms with van der Waals surface area (Å²) in [4.78, 5) is 19.8. The molecule has 0 fully saturated rings. The molecule has 0 radical (unpaired) electrons. The fourth-order valence-corrected chi connectivity index (χ4v) is 3.24. The Morgan fingerprint density at radius 3 is 2.60 bits per heavy atom. The highest BCUT2D eigenvalue weighted by Gasteiger charge is 2.19. The topological polar surface area (TPSA) is 33.2 Å². The van der Waals surface area contributed by atoms with Gasteiger partial charge in [0, 0.05) is 35.7 Å². The van der Waals surface area contributed by atoms with Crippen LogP contribution < -0.4 is 0 Å². The van der Waals surface area contributed by atoms with Crippen LogP contribution in [0.4, 0.5) is 0 Å².